The van der Waals surface area contributed by atoms with Crippen molar-refractivity contribution >= 4 is 5.91 Å². The predicted octanol–water partition coefficient (Wildman–Crippen LogP) is -0.331. The van der Waals surface area contributed by atoms with Crippen LogP contribution in [0.25, 0.3) is 0 Å². The molecule has 0 saturated heterocycles. The molecular weight excluding hydrogens is 118 g/mol. The van der Waals surface area contributed by atoms with Crippen LogP contribution in [0.15, 0.2) is 12.7 Å². The average molecular weight is 129 g/mol. The highest BCUT2D eigenvalue weighted by Crippen LogP contribution is 2.02. The van der Waals surface area contributed by atoms with Crippen molar-refractivity contribution in [1.82, 2.24) is 5.32 Å². The molecule has 2 N–H and O–H groups in total. The van der Waals surface area contributed by atoms with Gasteiger partial charge in [0, 0.05) is 7.05 Å². The van der Waals surface area contributed by atoms with E-state index >= 15 is 0 Å². The minimum Gasteiger partial charge on any atom is -0.376 e. The van der Waals surface area contributed by atoms with Gasteiger partial charge >= 0.3 is 0 Å². The van der Waals surface area contributed by atoms with Gasteiger partial charge in [-0.3, -0.25) is 4.79 Å². The van der Waals surface area contributed by atoms with Crippen LogP contribution in [0.4, 0.5) is 0 Å². The van der Waals surface area contributed by atoms with Crippen molar-refractivity contribution in [1.29, 1.82) is 0 Å². The van der Waals surface area contributed by atoms with Gasteiger partial charge in [-0.05, 0) is 6.92 Å². The van der Waals surface area contributed by atoms with Crippen LogP contribution in [0.3, 0.4) is 0 Å². The Hall–Kier alpha value is -0.830. The maximum atomic E-state index is 10.6. The molecule has 52 valence electrons. The van der Waals surface area contributed by atoms with E-state index in [1.807, 2.05) is 0 Å². The molecule has 1 atom stereocenters. The third-order valence-corrected chi connectivity index (χ3v) is 1.08. The average Bonchev–Trinajstić information content (AvgIpc) is 1.86. The van der Waals surface area contributed by atoms with Crippen LogP contribution < -0.4 is 5.32 Å². The molecule has 1 amide bonds. The van der Waals surface area contributed by atoms with Crippen molar-refractivity contribution < 1.29 is 9.90 Å². The summed E-state index contributed by atoms with van der Waals surface area (Å²) in [4.78, 5) is 10.6. The number of aliphatic hydroxyl groups is 1. The van der Waals surface area contributed by atoms with Crippen molar-refractivity contribution in [3.8, 4) is 0 Å². The van der Waals surface area contributed by atoms with Crippen LogP contribution in [-0.2, 0) is 4.79 Å². The summed E-state index contributed by atoms with van der Waals surface area (Å²) in [6.07, 6.45) is 1.19. The lowest BCUT2D eigenvalue weighted by Crippen LogP contribution is -2.40. The molecule has 0 radical (unpaired) electrons. The fraction of sp³-hybridized carbons (Fsp3) is 0.500. The van der Waals surface area contributed by atoms with Gasteiger partial charge in [0.05, 0.1) is 0 Å². The molecule has 0 saturated carbocycles. The van der Waals surface area contributed by atoms with Gasteiger partial charge < -0.3 is 10.4 Å². The second-order valence-corrected chi connectivity index (χ2v) is 1.93. The third kappa shape index (κ3) is 1.85. The largest absolute Gasteiger partial charge is 0.376 e. The van der Waals surface area contributed by atoms with E-state index < -0.39 is 11.5 Å². The van der Waals surface area contributed by atoms with Crippen molar-refractivity contribution in [2.75, 3.05) is 7.05 Å². The summed E-state index contributed by atoms with van der Waals surface area (Å²) in [5.41, 5.74) is -1.44. The Balaban J connectivity index is 4.14. The summed E-state index contributed by atoms with van der Waals surface area (Å²) in [6.45, 7) is 4.66. The van der Waals surface area contributed by atoms with Gasteiger partial charge in [0.15, 0.2) is 5.60 Å². The van der Waals surface area contributed by atoms with Crippen molar-refractivity contribution in [3.05, 3.63) is 12.7 Å². The molecule has 0 heterocycles. The van der Waals surface area contributed by atoms with E-state index in [-0.39, 0.29) is 0 Å². The highest BCUT2D eigenvalue weighted by molar-refractivity contribution is 5.86. The normalized spacial score (nSPS) is 15.9. The maximum absolute atomic E-state index is 10.6. The quantitative estimate of drug-likeness (QED) is 0.501. The molecule has 0 bridgehead atoms. The summed E-state index contributed by atoms with van der Waals surface area (Å²) < 4.78 is 0. The van der Waals surface area contributed by atoms with Gasteiger partial charge in [-0.15, -0.1) is 0 Å². The molecule has 0 aromatic carbocycles. The van der Waals surface area contributed by atoms with E-state index in [0.717, 1.165) is 0 Å². The zero-order chi connectivity index (χ0) is 7.49. The Labute approximate surface area is 54.4 Å². The fourth-order valence-corrected chi connectivity index (χ4v) is 0.346. The molecule has 0 aliphatic heterocycles. The minimum atomic E-state index is -1.44. The molecular formula is C6H11NO2. The van der Waals surface area contributed by atoms with E-state index in [1.54, 1.807) is 0 Å². The molecule has 0 aliphatic rings. The summed E-state index contributed by atoms with van der Waals surface area (Å²) in [7, 11) is 1.46. The van der Waals surface area contributed by atoms with Gasteiger partial charge in [-0.25, -0.2) is 0 Å². The van der Waals surface area contributed by atoms with E-state index in [0.29, 0.717) is 0 Å². The number of carbonyl (C=O) groups is 1. The Morgan fingerprint density at radius 2 is 2.33 bits per heavy atom. The number of amides is 1. The van der Waals surface area contributed by atoms with Crippen molar-refractivity contribution in [2.24, 2.45) is 0 Å². The first-order valence-electron chi connectivity index (χ1n) is 2.62. The van der Waals surface area contributed by atoms with Gasteiger partial charge in [-0.2, -0.15) is 0 Å². The number of rotatable bonds is 2. The molecule has 0 aromatic heterocycles. The molecule has 0 aromatic rings. The summed E-state index contributed by atoms with van der Waals surface area (Å²) >= 11 is 0. The van der Waals surface area contributed by atoms with Crippen molar-refractivity contribution in [2.45, 2.75) is 12.5 Å². The summed E-state index contributed by atoms with van der Waals surface area (Å²) in [5.74, 6) is -0.447. The lowest BCUT2D eigenvalue weighted by atomic mass is 10.1. The van der Waals surface area contributed by atoms with Gasteiger partial charge in [0.1, 0.15) is 0 Å². The van der Waals surface area contributed by atoms with Crippen LogP contribution in [0.5, 0.6) is 0 Å². The van der Waals surface area contributed by atoms with E-state index in [9.17, 15) is 4.79 Å². The monoisotopic (exact) mass is 129 g/mol. The van der Waals surface area contributed by atoms with Gasteiger partial charge in [-0.1, -0.05) is 12.7 Å². The predicted molar refractivity (Wildman–Crippen MR) is 34.9 cm³/mol. The highest BCUT2D eigenvalue weighted by Gasteiger charge is 2.24. The molecule has 3 nitrogen and oxygen atoms in total. The number of likely N-dealkylation sites (N-methyl/N-ethyl adjacent to an activating group) is 1. The summed E-state index contributed by atoms with van der Waals surface area (Å²) in [5, 5.41) is 11.4. The second-order valence-electron chi connectivity index (χ2n) is 1.93. The zero-order valence-electron chi connectivity index (χ0n) is 5.64. The van der Waals surface area contributed by atoms with Crippen LogP contribution in [-0.4, -0.2) is 23.7 Å². The molecule has 0 aliphatic carbocycles. The molecule has 3 heteroatoms. The standard InChI is InChI=1S/C6H11NO2/c1-4-6(2,9)5(8)7-3/h4,9H,1H2,2-3H3,(H,7,8). The molecule has 1 unspecified atom stereocenters. The van der Waals surface area contributed by atoms with E-state index in [2.05, 4.69) is 11.9 Å². The number of nitrogens with one attached hydrogen (secondary N) is 1. The number of carbonyl (C=O) groups excluding carboxylic acids is 1. The lowest BCUT2D eigenvalue weighted by molar-refractivity contribution is -0.133. The number of hydrogen-bond donors (Lipinski definition) is 2. The zero-order valence-corrected chi connectivity index (χ0v) is 5.64. The Morgan fingerprint density at radius 3 is 2.44 bits per heavy atom. The van der Waals surface area contributed by atoms with Crippen LogP contribution >= 0.6 is 0 Å². The Kier molecular flexibility index (Phi) is 2.40. The van der Waals surface area contributed by atoms with E-state index in [4.69, 9.17) is 5.11 Å². The fourth-order valence-electron chi connectivity index (χ4n) is 0.346. The van der Waals surface area contributed by atoms with Crippen LogP contribution in [0, 0.1) is 0 Å². The first kappa shape index (κ1) is 8.17. The summed E-state index contributed by atoms with van der Waals surface area (Å²) in [6, 6.07) is 0. The first-order chi connectivity index (χ1) is 4.04. The highest BCUT2D eigenvalue weighted by atomic mass is 16.3. The minimum absolute atomic E-state index is 0.447. The SMILES string of the molecule is C=CC(C)(O)C(=O)NC. The molecule has 0 rings (SSSR count). The Morgan fingerprint density at radius 1 is 1.89 bits per heavy atom. The smallest absolute Gasteiger partial charge is 0.255 e. The van der Waals surface area contributed by atoms with Crippen LogP contribution in [0.1, 0.15) is 6.92 Å². The van der Waals surface area contributed by atoms with Crippen LogP contribution in [0.2, 0.25) is 0 Å². The van der Waals surface area contributed by atoms with E-state index in [1.165, 1.54) is 20.0 Å². The van der Waals surface area contributed by atoms with Gasteiger partial charge in [0.25, 0.3) is 5.91 Å². The molecule has 0 fully saturated rings. The lowest BCUT2D eigenvalue weighted by Gasteiger charge is -2.14. The molecule has 9 heavy (non-hydrogen) atoms. The number of hydrogen-bond acceptors (Lipinski definition) is 2. The first-order valence-corrected chi connectivity index (χ1v) is 2.62. The second kappa shape index (κ2) is 2.64. The maximum Gasteiger partial charge on any atom is 0.255 e. The third-order valence-electron chi connectivity index (χ3n) is 1.08. The Bertz CT molecular complexity index is 129. The van der Waals surface area contributed by atoms with Crippen molar-refractivity contribution in [3.63, 3.8) is 0 Å². The topological polar surface area (TPSA) is 49.3 Å². The van der Waals surface area contributed by atoms with Gasteiger partial charge in [0.2, 0.25) is 0 Å². The molecule has 0 spiro atoms.